The maximum Gasteiger partial charge on any atom is 0.191 e. The van der Waals surface area contributed by atoms with Gasteiger partial charge in [-0.3, -0.25) is 4.99 Å². The molecule has 0 saturated heterocycles. The smallest absolute Gasteiger partial charge is 0.191 e. The van der Waals surface area contributed by atoms with Crippen molar-refractivity contribution in [1.82, 2.24) is 10.6 Å². The van der Waals surface area contributed by atoms with Gasteiger partial charge < -0.3 is 24.8 Å². The van der Waals surface area contributed by atoms with Gasteiger partial charge in [0.2, 0.25) is 0 Å². The summed E-state index contributed by atoms with van der Waals surface area (Å²) in [5.41, 5.74) is 1.28. The molecule has 0 fully saturated rings. The topological polar surface area (TPSA) is 64.1 Å². The molecule has 1 aromatic rings. The van der Waals surface area contributed by atoms with Gasteiger partial charge >= 0.3 is 0 Å². The van der Waals surface area contributed by atoms with Crippen LogP contribution in [0, 0.1) is 5.92 Å². The Balaban J connectivity index is 0.00000729. The van der Waals surface area contributed by atoms with Crippen molar-refractivity contribution in [2.24, 2.45) is 10.9 Å². The molecule has 0 aliphatic heterocycles. The van der Waals surface area contributed by atoms with Crippen molar-refractivity contribution in [3.8, 4) is 5.75 Å². The molecule has 1 rings (SSSR count). The maximum absolute atomic E-state index is 5.72. The highest BCUT2D eigenvalue weighted by atomic mass is 127. The van der Waals surface area contributed by atoms with Crippen molar-refractivity contribution in [1.29, 1.82) is 0 Å². The molecule has 0 heterocycles. The van der Waals surface area contributed by atoms with E-state index in [2.05, 4.69) is 48.5 Å². The van der Waals surface area contributed by atoms with E-state index in [1.807, 2.05) is 12.1 Å². The van der Waals surface area contributed by atoms with Crippen LogP contribution >= 0.6 is 24.0 Å². The molecular formula is C21H38IN3O3. The van der Waals surface area contributed by atoms with Gasteiger partial charge in [0, 0.05) is 33.4 Å². The van der Waals surface area contributed by atoms with E-state index >= 15 is 0 Å². The molecule has 0 amide bonds. The Morgan fingerprint density at radius 1 is 1.07 bits per heavy atom. The second kappa shape index (κ2) is 18.0. The number of guanidine groups is 1. The van der Waals surface area contributed by atoms with Crippen molar-refractivity contribution in [3.05, 3.63) is 29.8 Å². The Bertz CT molecular complexity index is 510. The summed E-state index contributed by atoms with van der Waals surface area (Å²) in [5, 5.41) is 6.66. The van der Waals surface area contributed by atoms with E-state index in [9.17, 15) is 0 Å². The zero-order valence-electron chi connectivity index (χ0n) is 17.8. The molecule has 6 nitrogen and oxygen atoms in total. The normalized spacial score (nSPS) is 11.2. The zero-order valence-corrected chi connectivity index (χ0v) is 20.2. The van der Waals surface area contributed by atoms with Crippen LogP contribution in [0.5, 0.6) is 5.75 Å². The van der Waals surface area contributed by atoms with Crippen molar-refractivity contribution in [2.45, 2.75) is 33.6 Å². The molecule has 0 unspecified atom stereocenters. The molecule has 0 aliphatic carbocycles. The Morgan fingerprint density at radius 3 is 2.46 bits per heavy atom. The number of ether oxygens (including phenoxy) is 3. The van der Waals surface area contributed by atoms with Gasteiger partial charge in [-0.25, -0.2) is 0 Å². The minimum atomic E-state index is 0. The molecule has 162 valence electrons. The van der Waals surface area contributed by atoms with Crippen molar-refractivity contribution < 1.29 is 14.2 Å². The molecule has 0 atom stereocenters. The first-order chi connectivity index (χ1) is 13.2. The summed E-state index contributed by atoms with van der Waals surface area (Å²) in [5.74, 6) is 2.32. The van der Waals surface area contributed by atoms with E-state index in [4.69, 9.17) is 14.2 Å². The summed E-state index contributed by atoms with van der Waals surface area (Å²) >= 11 is 0. The Kier molecular flexibility index (Phi) is 17.3. The zero-order chi connectivity index (χ0) is 19.7. The lowest BCUT2D eigenvalue weighted by atomic mass is 10.1. The lowest BCUT2D eigenvalue weighted by Gasteiger charge is -2.12. The third-order valence-electron chi connectivity index (χ3n) is 3.71. The third-order valence-corrected chi connectivity index (χ3v) is 3.71. The summed E-state index contributed by atoms with van der Waals surface area (Å²) in [6, 6.07) is 8.33. The first-order valence-corrected chi connectivity index (χ1v) is 9.96. The highest BCUT2D eigenvalue weighted by Gasteiger charge is 2.00. The number of halogens is 1. The number of aliphatic imine (C=N–C) groups is 1. The summed E-state index contributed by atoms with van der Waals surface area (Å²) in [6.07, 6.45) is 1.84. The van der Waals surface area contributed by atoms with Gasteiger partial charge in [0.1, 0.15) is 5.75 Å². The van der Waals surface area contributed by atoms with E-state index in [0.717, 1.165) is 50.8 Å². The average molecular weight is 507 g/mol. The standard InChI is InChI=1S/C21H37N3O3.HI/c1-5-22-21(23-12-6-14-26-16-15-25-4)24-13-11-19-7-9-20(10-8-19)27-17-18(2)3;/h7-10,18H,5-6,11-17H2,1-4H3,(H2,22,23,24);1H. The van der Waals surface area contributed by atoms with Crippen molar-refractivity contribution in [2.75, 3.05) is 53.2 Å². The highest BCUT2D eigenvalue weighted by Crippen LogP contribution is 2.13. The van der Waals surface area contributed by atoms with Crippen LogP contribution in [0.1, 0.15) is 32.8 Å². The van der Waals surface area contributed by atoms with E-state index in [1.165, 1.54) is 5.56 Å². The van der Waals surface area contributed by atoms with Crippen molar-refractivity contribution >= 4 is 29.9 Å². The Hall–Kier alpha value is -1.06. The van der Waals surface area contributed by atoms with Gasteiger partial charge in [0.15, 0.2) is 5.96 Å². The highest BCUT2D eigenvalue weighted by molar-refractivity contribution is 14.0. The molecular weight excluding hydrogens is 469 g/mol. The van der Waals surface area contributed by atoms with Crippen LogP contribution in [0.3, 0.4) is 0 Å². The fraction of sp³-hybridized carbons (Fsp3) is 0.667. The molecule has 0 aliphatic rings. The molecule has 0 saturated carbocycles. The predicted octanol–water partition coefficient (Wildman–Crippen LogP) is 3.49. The second-order valence-electron chi connectivity index (χ2n) is 6.74. The largest absolute Gasteiger partial charge is 0.493 e. The van der Waals surface area contributed by atoms with Crippen LogP contribution in [-0.4, -0.2) is 59.1 Å². The Morgan fingerprint density at radius 2 is 1.82 bits per heavy atom. The molecule has 28 heavy (non-hydrogen) atoms. The number of hydrogen-bond acceptors (Lipinski definition) is 4. The fourth-order valence-corrected chi connectivity index (χ4v) is 2.28. The summed E-state index contributed by atoms with van der Waals surface area (Å²) in [7, 11) is 1.68. The number of benzene rings is 1. The second-order valence-corrected chi connectivity index (χ2v) is 6.74. The molecule has 0 radical (unpaired) electrons. The summed E-state index contributed by atoms with van der Waals surface area (Å²) in [4.78, 5) is 4.58. The Labute approximate surface area is 187 Å². The SMILES string of the molecule is CCNC(=NCCCOCCOC)NCCc1ccc(OCC(C)C)cc1.I. The van der Waals surface area contributed by atoms with Gasteiger partial charge in [0.05, 0.1) is 19.8 Å². The van der Waals surface area contributed by atoms with Crippen LogP contribution in [0.15, 0.2) is 29.3 Å². The number of nitrogens with one attached hydrogen (secondary N) is 2. The minimum Gasteiger partial charge on any atom is -0.493 e. The average Bonchev–Trinajstić information content (AvgIpc) is 2.66. The van der Waals surface area contributed by atoms with Crippen LogP contribution in [0.2, 0.25) is 0 Å². The third kappa shape index (κ3) is 14.0. The molecule has 1 aromatic carbocycles. The molecule has 7 heteroatoms. The van der Waals surface area contributed by atoms with E-state index in [1.54, 1.807) is 7.11 Å². The number of rotatable bonds is 14. The summed E-state index contributed by atoms with van der Waals surface area (Å²) < 4.78 is 16.1. The van der Waals surface area contributed by atoms with Crippen molar-refractivity contribution in [3.63, 3.8) is 0 Å². The fourth-order valence-electron chi connectivity index (χ4n) is 2.28. The van der Waals surface area contributed by atoms with E-state index in [0.29, 0.717) is 25.7 Å². The van der Waals surface area contributed by atoms with Gasteiger partial charge in [-0.15, -0.1) is 24.0 Å². The van der Waals surface area contributed by atoms with Gasteiger partial charge in [-0.2, -0.15) is 0 Å². The first-order valence-electron chi connectivity index (χ1n) is 9.96. The minimum absolute atomic E-state index is 0. The first kappa shape index (κ1) is 26.9. The number of nitrogens with zero attached hydrogens (tertiary/aromatic N) is 1. The van der Waals surface area contributed by atoms with Crippen LogP contribution < -0.4 is 15.4 Å². The molecule has 0 bridgehead atoms. The van der Waals surface area contributed by atoms with Crippen LogP contribution in [0.25, 0.3) is 0 Å². The molecule has 0 aromatic heterocycles. The quantitative estimate of drug-likeness (QED) is 0.175. The van der Waals surface area contributed by atoms with Gasteiger partial charge in [-0.1, -0.05) is 26.0 Å². The van der Waals surface area contributed by atoms with E-state index in [-0.39, 0.29) is 24.0 Å². The monoisotopic (exact) mass is 507 g/mol. The van der Waals surface area contributed by atoms with Gasteiger partial charge in [-0.05, 0) is 43.4 Å². The summed E-state index contributed by atoms with van der Waals surface area (Å²) in [6.45, 7) is 11.5. The maximum atomic E-state index is 5.72. The van der Waals surface area contributed by atoms with Gasteiger partial charge in [0.25, 0.3) is 0 Å². The number of hydrogen-bond donors (Lipinski definition) is 2. The van der Waals surface area contributed by atoms with E-state index < -0.39 is 0 Å². The molecule has 0 spiro atoms. The number of methoxy groups -OCH3 is 1. The van der Waals surface area contributed by atoms with Crippen LogP contribution in [0.4, 0.5) is 0 Å². The lowest BCUT2D eigenvalue weighted by molar-refractivity contribution is 0.0702. The molecule has 2 N–H and O–H groups in total. The van der Waals surface area contributed by atoms with Crippen LogP contribution in [-0.2, 0) is 15.9 Å². The lowest BCUT2D eigenvalue weighted by Crippen LogP contribution is -2.38. The predicted molar refractivity (Wildman–Crippen MR) is 127 cm³/mol.